The molecule has 4 N–H and O–H groups in total. The minimum Gasteiger partial charge on any atom is -0.381 e. The zero-order valence-corrected chi connectivity index (χ0v) is 30.7. The van der Waals surface area contributed by atoms with E-state index in [0.717, 1.165) is 38.1 Å². The van der Waals surface area contributed by atoms with E-state index in [4.69, 9.17) is 0 Å². The van der Waals surface area contributed by atoms with Gasteiger partial charge in [0, 0.05) is 11.1 Å². The molecule has 0 aliphatic rings. The molecule has 0 bridgehead atoms. The fourth-order valence-electron chi connectivity index (χ4n) is 4.41. The Bertz CT molecular complexity index is 1400. The van der Waals surface area contributed by atoms with Gasteiger partial charge in [0.15, 0.2) is 23.5 Å². The Morgan fingerprint density at radius 2 is 0.760 bits per heavy atom. The van der Waals surface area contributed by atoms with Crippen LogP contribution in [0.15, 0.2) is 48.5 Å². The summed E-state index contributed by atoms with van der Waals surface area (Å²) in [5, 5.41) is 19.1. The van der Waals surface area contributed by atoms with Gasteiger partial charge in [0.2, 0.25) is 0 Å². The van der Waals surface area contributed by atoms with Crippen molar-refractivity contribution in [2.45, 2.75) is 126 Å². The number of benzene rings is 2. The van der Waals surface area contributed by atoms with Crippen LogP contribution in [0.5, 0.6) is 0 Å². The molecule has 0 aliphatic carbocycles. The highest BCUT2D eigenvalue weighted by Gasteiger charge is 2.63. The molecule has 0 amide bonds. The molecule has 0 aromatic heterocycles. The summed E-state index contributed by atoms with van der Waals surface area (Å²) in [7, 11) is -4.08. The van der Waals surface area contributed by atoms with Gasteiger partial charge in [0.25, 0.3) is 0 Å². The van der Waals surface area contributed by atoms with Crippen LogP contribution in [0, 0.1) is 11.6 Å². The highest BCUT2D eigenvalue weighted by atomic mass is 32.2. The van der Waals surface area contributed by atoms with Crippen molar-refractivity contribution >= 4 is 22.0 Å². The molecule has 0 fully saturated rings. The van der Waals surface area contributed by atoms with Crippen LogP contribution in [0.1, 0.15) is 80.4 Å². The summed E-state index contributed by atoms with van der Waals surface area (Å²) in [6.45, 7) is 12.0. The van der Waals surface area contributed by atoms with Crippen molar-refractivity contribution < 1.29 is 62.5 Å². The summed E-state index contributed by atoms with van der Waals surface area (Å²) in [4.78, 5) is 0. The third-order valence-electron chi connectivity index (χ3n) is 8.13. The quantitative estimate of drug-likeness (QED) is 0.188. The Labute approximate surface area is 290 Å². The second kappa shape index (κ2) is 15.5. The zero-order valence-electron chi connectivity index (χ0n) is 29.1. The standard InChI is InChI=1S/2C16H22F5NO2S/c2*1-13(2,3)25(24)22-15(5,10-8-6-7-9-11(10)17)14(4,18)12(23)16(19,20)21/h2*6-9,12,22-23H,1-5H3/t12-,14+,15-,25-;12-,14-,15+,25+/m10/s1. The van der Waals surface area contributed by atoms with Gasteiger partial charge in [-0.15, -0.1) is 0 Å². The highest BCUT2D eigenvalue weighted by Crippen LogP contribution is 2.46. The van der Waals surface area contributed by atoms with E-state index in [0.29, 0.717) is 13.8 Å². The van der Waals surface area contributed by atoms with Crippen LogP contribution < -0.4 is 9.44 Å². The summed E-state index contributed by atoms with van der Waals surface area (Å²) in [6, 6.07) is 9.27. The first-order chi connectivity index (χ1) is 22.1. The van der Waals surface area contributed by atoms with Crippen molar-refractivity contribution in [2.75, 3.05) is 0 Å². The maximum atomic E-state index is 15.3. The van der Waals surface area contributed by atoms with E-state index in [1.807, 2.05) is 0 Å². The summed E-state index contributed by atoms with van der Waals surface area (Å²) in [5.41, 5.74) is -12.6. The van der Waals surface area contributed by atoms with Crippen molar-refractivity contribution in [2.24, 2.45) is 0 Å². The van der Waals surface area contributed by atoms with Crippen LogP contribution in [0.25, 0.3) is 0 Å². The van der Waals surface area contributed by atoms with Crippen molar-refractivity contribution in [1.82, 2.24) is 9.44 Å². The number of aliphatic hydroxyl groups is 2. The molecule has 0 radical (unpaired) electrons. The second-order valence-electron chi connectivity index (χ2n) is 14.2. The van der Waals surface area contributed by atoms with Gasteiger partial charge >= 0.3 is 12.4 Å². The lowest BCUT2D eigenvalue weighted by Crippen LogP contribution is -2.65. The fourth-order valence-corrected chi connectivity index (χ4v) is 6.38. The third-order valence-corrected chi connectivity index (χ3v) is 11.5. The molecule has 18 heteroatoms. The largest absolute Gasteiger partial charge is 0.417 e. The minimum absolute atomic E-state index is 0.471. The predicted molar refractivity (Wildman–Crippen MR) is 173 cm³/mol. The lowest BCUT2D eigenvalue weighted by Gasteiger charge is -2.45. The van der Waals surface area contributed by atoms with Gasteiger partial charge in [0.1, 0.15) is 11.6 Å². The van der Waals surface area contributed by atoms with Gasteiger partial charge < -0.3 is 10.2 Å². The number of hydrogen-bond acceptors (Lipinski definition) is 4. The molecule has 2 rings (SSSR count). The molecule has 50 heavy (non-hydrogen) atoms. The average Bonchev–Trinajstić information content (AvgIpc) is 2.94. The lowest BCUT2D eigenvalue weighted by atomic mass is 9.75. The van der Waals surface area contributed by atoms with Crippen LogP contribution in [0.2, 0.25) is 0 Å². The van der Waals surface area contributed by atoms with Crippen LogP contribution in [0.3, 0.4) is 0 Å². The summed E-state index contributed by atoms with van der Waals surface area (Å²) in [6.07, 6.45) is -17.4. The van der Waals surface area contributed by atoms with Gasteiger partial charge in [-0.2, -0.15) is 26.3 Å². The van der Waals surface area contributed by atoms with E-state index < -0.39 is 101 Å². The Balaban J connectivity index is 0.000000500. The Kier molecular flexibility index (Phi) is 14.2. The summed E-state index contributed by atoms with van der Waals surface area (Å²) < 4.78 is 164. The smallest absolute Gasteiger partial charge is 0.381 e. The second-order valence-corrected chi connectivity index (χ2v) is 18.1. The summed E-state index contributed by atoms with van der Waals surface area (Å²) in [5.74, 6) is -1.97. The number of halogens is 10. The van der Waals surface area contributed by atoms with Gasteiger partial charge in [-0.05, 0) is 81.4 Å². The average molecular weight is 775 g/mol. The van der Waals surface area contributed by atoms with Crippen molar-refractivity contribution in [1.29, 1.82) is 0 Å². The Hall–Kier alpha value is -2.12. The molecular formula is C32H44F10N2O4S2. The van der Waals surface area contributed by atoms with Gasteiger partial charge in [-0.25, -0.2) is 35.4 Å². The first-order valence-electron chi connectivity index (χ1n) is 14.9. The van der Waals surface area contributed by atoms with Gasteiger partial charge in [-0.3, -0.25) is 0 Å². The van der Waals surface area contributed by atoms with Crippen molar-refractivity contribution in [3.63, 3.8) is 0 Å². The summed E-state index contributed by atoms with van der Waals surface area (Å²) >= 11 is 0. The molecule has 0 saturated carbocycles. The molecule has 6 nitrogen and oxygen atoms in total. The molecule has 0 unspecified atom stereocenters. The first-order valence-corrected chi connectivity index (χ1v) is 17.2. The van der Waals surface area contributed by atoms with E-state index in [-0.39, 0.29) is 0 Å². The van der Waals surface area contributed by atoms with E-state index >= 15 is 8.78 Å². The normalized spacial score (nSPS) is 20.4. The minimum atomic E-state index is -5.29. The number of hydrogen-bond donors (Lipinski definition) is 4. The Morgan fingerprint density at radius 3 is 0.960 bits per heavy atom. The van der Waals surface area contributed by atoms with E-state index in [1.165, 1.54) is 65.8 Å². The maximum absolute atomic E-state index is 15.3. The number of nitrogens with one attached hydrogen (secondary N) is 2. The van der Waals surface area contributed by atoms with Gasteiger partial charge in [0.05, 0.1) is 42.5 Å². The van der Waals surface area contributed by atoms with E-state index in [2.05, 4.69) is 9.44 Å². The van der Waals surface area contributed by atoms with E-state index in [1.54, 1.807) is 0 Å². The van der Waals surface area contributed by atoms with Crippen LogP contribution >= 0.6 is 0 Å². The molecule has 0 saturated heterocycles. The highest BCUT2D eigenvalue weighted by molar-refractivity contribution is 7.84. The first kappa shape index (κ1) is 45.9. The maximum Gasteiger partial charge on any atom is 0.417 e. The number of aliphatic hydroxyl groups excluding tert-OH is 2. The van der Waals surface area contributed by atoms with Crippen LogP contribution in [0.4, 0.5) is 43.9 Å². The molecular weight excluding hydrogens is 730 g/mol. The topological polar surface area (TPSA) is 98.7 Å². The molecule has 0 heterocycles. The SMILES string of the molecule is CC(C)(C)[S@@](=O)N[C@](C)(c1ccccc1F)[C@@](C)(F)[C@@H](O)C(F)(F)F.CC(C)(C)[S@@](=O)N[C@](C)(c1ccccc1F)[C@@](C)(F)[C@H](O)C(F)(F)F. The molecule has 2 aromatic rings. The Morgan fingerprint density at radius 1 is 0.520 bits per heavy atom. The lowest BCUT2D eigenvalue weighted by molar-refractivity contribution is -0.251. The zero-order chi connectivity index (χ0) is 39.7. The van der Waals surface area contributed by atoms with Crippen LogP contribution in [-0.2, 0) is 33.0 Å². The number of rotatable bonds is 10. The predicted octanol–water partition coefficient (Wildman–Crippen LogP) is 7.49. The molecule has 8 atom stereocenters. The van der Waals surface area contributed by atoms with Crippen molar-refractivity contribution in [3.05, 3.63) is 71.3 Å². The van der Waals surface area contributed by atoms with Gasteiger partial charge in [-0.1, -0.05) is 36.4 Å². The fraction of sp³-hybridized carbons (Fsp3) is 0.625. The molecule has 288 valence electrons. The van der Waals surface area contributed by atoms with E-state index in [9.17, 15) is 53.8 Å². The monoisotopic (exact) mass is 774 g/mol. The molecule has 0 aliphatic heterocycles. The van der Waals surface area contributed by atoms with Crippen LogP contribution in [-0.4, -0.2) is 64.0 Å². The van der Waals surface area contributed by atoms with Crippen molar-refractivity contribution in [3.8, 4) is 0 Å². The number of alkyl halides is 8. The molecule has 2 aromatic carbocycles. The third kappa shape index (κ3) is 10.1. The molecule has 0 spiro atoms.